The topological polar surface area (TPSA) is 114 Å². The van der Waals surface area contributed by atoms with Gasteiger partial charge in [-0.15, -0.1) is 11.3 Å². The quantitative estimate of drug-likeness (QED) is 0.174. The minimum atomic E-state index is -0.395. The Morgan fingerprint density at radius 3 is 2.55 bits per heavy atom. The van der Waals surface area contributed by atoms with Gasteiger partial charge in [-0.25, -0.2) is 4.98 Å². The SMILES string of the molecule is CCCCN(Cc1ccc(C(=O)NCc2cccc(CN)c2)cc1)c1nc(-c2cccc([N+](=O)[O-])c2)cs1. The molecule has 0 saturated carbocycles. The van der Waals surface area contributed by atoms with E-state index in [2.05, 4.69) is 17.1 Å². The number of nitrogens with two attached hydrogens (primary N) is 1. The summed E-state index contributed by atoms with van der Waals surface area (Å²) >= 11 is 1.52. The Morgan fingerprint density at radius 1 is 1.05 bits per heavy atom. The number of aromatic nitrogens is 1. The number of rotatable bonds is 12. The van der Waals surface area contributed by atoms with Crippen molar-refractivity contribution in [3.8, 4) is 11.3 Å². The molecule has 0 aliphatic rings. The van der Waals surface area contributed by atoms with Gasteiger partial charge in [0, 0.05) is 54.8 Å². The van der Waals surface area contributed by atoms with Crippen LogP contribution in [0.5, 0.6) is 0 Å². The van der Waals surface area contributed by atoms with Gasteiger partial charge in [0.1, 0.15) is 0 Å². The van der Waals surface area contributed by atoms with Gasteiger partial charge in [0.05, 0.1) is 10.6 Å². The summed E-state index contributed by atoms with van der Waals surface area (Å²) in [7, 11) is 0. The second-order valence-corrected chi connectivity index (χ2v) is 9.84. The van der Waals surface area contributed by atoms with E-state index in [0.29, 0.717) is 25.2 Å². The van der Waals surface area contributed by atoms with E-state index in [9.17, 15) is 14.9 Å². The standard InChI is InChI=1S/C29H31N5O3S/c1-2-3-14-33(29-32-27(20-38-29)25-8-5-9-26(16-25)34(36)37)19-21-10-12-24(13-11-21)28(35)31-18-23-7-4-6-22(15-23)17-30/h4-13,15-16,20H,2-3,14,17-19,30H2,1H3,(H,31,35). The predicted molar refractivity (Wildman–Crippen MR) is 152 cm³/mol. The van der Waals surface area contributed by atoms with Crippen LogP contribution in [0.1, 0.15) is 46.8 Å². The molecule has 9 heteroatoms. The Balaban J connectivity index is 1.43. The number of nitro benzene ring substituents is 1. The molecule has 0 saturated heterocycles. The van der Waals surface area contributed by atoms with Crippen molar-refractivity contribution in [3.05, 3.63) is 111 Å². The predicted octanol–water partition coefficient (Wildman–Crippen LogP) is 5.91. The van der Waals surface area contributed by atoms with Crippen LogP contribution >= 0.6 is 11.3 Å². The molecule has 3 N–H and O–H groups in total. The Hall–Kier alpha value is -4.08. The largest absolute Gasteiger partial charge is 0.348 e. The lowest BCUT2D eigenvalue weighted by molar-refractivity contribution is -0.384. The molecule has 4 aromatic rings. The summed E-state index contributed by atoms with van der Waals surface area (Å²) in [6, 6.07) is 22.0. The first kappa shape index (κ1) is 27.0. The number of nitro groups is 1. The van der Waals surface area contributed by atoms with Crippen LogP contribution in [-0.4, -0.2) is 22.4 Å². The summed E-state index contributed by atoms with van der Waals surface area (Å²) in [5, 5.41) is 16.9. The van der Waals surface area contributed by atoms with Crippen LogP contribution < -0.4 is 16.0 Å². The zero-order valence-corrected chi connectivity index (χ0v) is 22.1. The highest BCUT2D eigenvalue weighted by Gasteiger charge is 2.15. The molecule has 1 heterocycles. The van der Waals surface area contributed by atoms with Crippen LogP contribution in [0.4, 0.5) is 10.8 Å². The van der Waals surface area contributed by atoms with Gasteiger partial charge in [-0.3, -0.25) is 14.9 Å². The summed E-state index contributed by atoms with van der Waals surface area (Å²) in [4.78, 5) is 30.4. The number of anilines is 1. The normalized spacial score (nSPS) is 10.8. The molecule has 1 amide bonds. The molecule has 1 aromatic heterocycles. The monoisotopic (exact) mass is 529 g/mol. The van der Waals surface area contributed by atoms with Crippen molar-refractivity contribution >= 4 is 28.1 Å². The van der Waals surface area contributed by atoms with Crippen LogP contribution in [-0.2, 0) is 19.6 Å². The highest BCUT2D eigenvalue weighted by atomic mass is 32.1. The summed E-state index contributed by atoms with van der Waals surface area (Å²) in [5.41, 5.74) is 10.9. The number of hydrogen-bond acceptors (Lipinski definition) is 7. The van der Waals surface area contributed by atoms with Crippen LogP contribution in [0.15, 0.2) is 78.2 Å². The molecule has 0 unspecified atom stereocenters. The zero-order chi connectivity index (χ0) is 26.9. The fourth-order valence-corrected chi connectivity index (χ4v) is 4.91. The number of thiazole rings is 1. The van der Waals surface area contributed by atoms with Gasteiger partial charge < -0.3 is 16.0 Å². The first-order valence-electron chi connectivity index (χ1n) is 12.6. The third kappa shape index (κ3) is 7.02. The van der Waals surface area contributed by atoms with Crippen molar-refractivity contribution in [2.45, 2.75) is 39.4 Å². The number of benzene rings is 3. The van der Waals surface area contributed by atoms with E-state index in [0.717, 1.165) is 52.5 Å². The second kappa shape index (κ2) is 12.9. The van der Waals surface area contributed by atoms with Crippen LogP contribution in [0.25, 0.3) is 11.3 Å². The Labute approximate surface area is 226 Å². The molecule has 8 nitrogen and oxygen atoms in total. The van der Waals surface area contributed by atoms with Gasteiger partial charge in [0.2, 0.25) is 0 Å². The van der Waals surface area contributed by atoms with Crippen molar-refractivity contribution < 1.29 is 9.72 Å². The maximum atomic E-state index is 12.7. The summed E-state index contributed by atoms with van der Waals surface area (Å²) < 4.78 is 0. The minimum absolute atomic E-state index is 0.0492. The van der Waals surface area contributed by atoms with Gasteiger partial charge in [-0.2, -0.15) is 0 Å². The molecule has 0 aliphatic carbocycles. The van der Waals surface area contributed by atoms with Crippen molar-refractivity contribution in [2.24, 2.45) is 5.73 Å². The molecule has 0 fully saturated rings. The molecular formula is C29H31N5O3S. The molecule has 196 valence electrons. The van der Waals surface area contributed by atoms with Crippen molar-refractivity contribution in [1.82, 2.24) is 10.3 Å². The zero-order valence-electron chi connectivity index (χ0n) is 21.3. The highest BCUT2D eigenvalue weighted by Crippen LogP contribution is 2.30. The average Bonchev–Trinajstić information content (AvgIpc) is 3.45. The number of hydrogen-bond donors (Lipinski definition) is 2. The molecule has 0 spiro atoms. The summed E-state index contributed by atoms with van der Waals surface area (Å²) in [5.74, 6) is -0.126. The van der Waals surface area contributed by atoms with E-state index in [-0.39, 0.29) is 11.6 Å². The first-order chi connectivity index (χ1) is 18.5. The second-order valence-electron chi connectivity index (χ2n) is 9.00. The number of amides is 1. The Bertz CT molecular complexity index is 1390. The number of carbonyl (C=O) groups is 1. The van der Waals surface area contributed by atoms with E-state index in [1.54, 1.807) is 12.1 Å². The van der Waals surface area contributed by atoms with Gasteiger partial charge >= 0.3 is 0 Å². The maximum Gasteiger partial charge on any atom is 0.270 e. The molecule has 0 bridgehead atoms. The lowest BCUT2D eigenvalue weighted by atomic mass is 10.1. The van der Waals surface area contributed by atoms with Crippen LogP contribution in [0, 0.1) is 10.1 Å². The lowest BCUT2D eigenvalue weighted by Crippen LogP contribution is -2.24. The molecule has 0 atom stereocenters. The third-order valence-corrected chi connectivity index (χ3v) is 7.07. The Kier molecular flexibility index (Phi) is 9.18. The lowest BCUT2D eigenvalue weighted by Gasteiger charge is -2.22. The third-order valence-electron chi connectivity index (χ3n) is 6.17. The number of nitrogens with one attached hydrogen (secondary N) is 1. The number of non-ortho nitro benzene ring substituents is 1. The molecule has 38 heavy (non-hydrogen) atoms. The van der Waals surface area contributed by atoms with Gasteiger partial charge in [0.25, 0.3) is 11.6 Å². The van der Waals surface area contributed by atoms with Crippen LogP contribution in [0.2, 0.25) is 0 Å². The fourth-order valence-electron chi connectivity index (χ4n) is 4.05. The number of nitrogens with zero attached hydrogens (tertiary/aromatic N) is 3. The van der Waals surface area contributed by atoms with Crippen LogP contribution in [0.3, 0.4) is 0 Å². The number of carbonyl (C=O) groups excluding carboxylic acids is 1. The smallest absolute Gasteiger partial charge is 0.270 e. The van der Waals surface area contributed by atoms with E-state index >= 15 is 0 Å². The van der Waals surface area contributed by atoms with Crippen molar-refractivity contribution in [1.29, 1.82) is 0 Å². The Morgan fingerprint density at radius 2 is 1.82 bits per heavy atom. The highest BCUT2D eigenvalue weighted by molar-refractivity contribution is 7.14. The maximum absolute atomic E-state index is 12.7. The van der Waals surface area contributed by atoms with E-state index in [1.165, 1.54) is 17.4 Å². The average molecular weight is 530 g/mol. The molecule has 4 rings (SSSR count). The van der Waals surface area contributed by atoms with E-state index in [4.69, 9.17) is 10.7 Å². The summed E-state index contributed by atoms with van der Waals surface area (Å²) in [6.45, 7) is 4.54. The molecule has 3 aromatic carbocycles. The van der Waals surface area contributed by atoms with E-state index in [1.807, 2.05) is 60.0 Å². The molecular weight excluding hydrogens is 498 g/mol. The molecule has 0 radical (unpaired) electrons. The minimum Gasteiger partial charge on any atom is -0.348 e. The molecule has 0 aliphatic heterocycles. The first-order valence-corrected chi connectivity index (χ1v) is 13.4. The van der Waals surface area contributed by atoms with Gasteiger partial charge in [0.15, 0.2) is 5.13 Å². The van der Waals surface area contributed by atoms with Gasteiger partial charge in [-0.05, 0) is 35.2 Å². The number of unbranched alkanes of at least 4 members (excludes halogenated alkanes) is 1. The van der Waals surface area contributed by atoms with Crippen molar-refractivity contribution in [2.75, 3.05) is 11.4 Å². The van der Waals surface area contributed by atoms with Gasteiger partial charge in [-0.1, -0.05) is 61.9 Å². The van der Waals surface area contributed by atoms with E-state index < -0.39 is 4.92 Å². The fraction of sp³-hybridized carbons (Fsp3) is 0.241. The summed E-state index contributed by atoms with van der Waals surface area (Å²) in [6.07, 6.45) is 2.06. The van der Waals surface area contributed by atoms with Crippen molar-refractivity contribution in [3.63, 3.8) is 0 Å².